The van der Waals surface area contributed by atoms with Crippen LogP contribution in [0, 0.1) is 0 Å². The van der Waals surface area contributed by atoms with Gasteiger partial charge in [-0.05, 0) is 18.6 Å². The Morgan fingerprint density at radius 1 is 1.40 bits per heavy atom. The normalized spacial score (nSPS) is 15.4. The standard InChI is InChI=1S/C12H15NOS/c1-3-10(14)8(2)12-13-9-6-4-5-7-11(9)15-12/h4-8,10,14H,3H2,1-2H3. The lowest BCUT2D eigenvalue weighted by atomic mass is 10.0. The van der Waals surface area contributed by atoms with Crippen LogP contribution in [0.15, 0.2) is 24.3 Å². The number of hydrogen-bond donors (Lipinski definition) is 1. The van der Waals surface area contributed by atoms with Crippen LogP contribution in [0.3, 0.4) is 0 Å². The van der Waals surface area contributed by atoms with Crippen molar-refractivity contribution in [2.45, 2.75) is 32.3 Å². The Balaban J connectivity index is 2.36. The highest BCUT2D eigenvalue weighted by Crippen LogP contribution is 2.29. The van der Waals surface area contributed by atoms with E-state index in [1.807, 2.05) is 32.0 Å². The predicted octanol–water partition coefficient (Wildman–Crippen LogP) is 3.17. The maximum atomic E-state index is 9.77. The molecule has 2 rings (SSSR count). The van der Waals surface area contributed by atoms with E-state index in [9.17, 15) is 5.11 Å². The quantitative estimate of drug-likeness (QED) is 0.863. The number of benzene rings is 1. The fraction of sp³-hybridized carbons (Fsp3) is 0.417. The highest BCUT2D eigenvalue weighted by Gasteiger charge is 2.18. The van der Waals surface area contributed by atoms with Crippen molar-refractivity contribution in [2.75, 3.05) is 0 Å². The smallest absolute Gasteiger partial charge is 0.0992 e. The molecule has 0 aliphatic carbocycles. The lowest BCUT2D eigenvalue weighted by Crippen LogP contribution is -2.13. The third-order valence-electron chi connectivity index (χ3n) is 2.70. The Morgan fingerprint density at radius 2 is 2.13 bits per heavy atom. The third-order valence-corrected chi connectivity index (χ3v) is 3.93. The summed E-state index contributed by atoms with van der Waals surface area (Å²) < 4.78 is 1.20. The zero-order valence-corrected chi connectivity index (χ0v) is 9.79. The van der Waals surface area contributed by atoms with Crippen molar-refractivity contribution in [3.63, 3.8) is 0 Å². The molecule has 0 spiro atoms. The second-order valence-electron chi connectivity index (χ2n) is 3.78. The van der Waals surface area contributed by atoms with E-state index in [0.29, 0.717) is 0 Å². The van der Waals surface area contributed by atoms with E-state index in [4.69, 9.17) is 0 Å². The molecular weight excluding hydrogens is 206 g/mol. The van der Waals surface area contributed by atoms with Gasteiger partial charge in [-0.1, -0.05) is 26.0 Å². The molecule has 3 heteroatoms. The summed E-state index contributed by atoms with van der Waals surface area (Å²) in [5, 5.41) is 10.8. The lowest BCUT2D eigenvalue weighted by Gasteiger charge is -2.13. The SMILES string of the molecule is CCC(O)C(C)c1nc2ccccc2s1. The van der Waals surface area contributed by atoms with Crippen LogP contribution in [0.2, 0.25) is 0 Å². The number of aliphatic hydroxyl groups is 1. The molecule has 1 aromatic heterocycles. The lowest BCUT2D eigenvalue weighted by molar-refractivity contribution is 0.145. The second kappa shape index (κ2) is 4.29. The summed E-state index contributed by atoms with van der Waals surface area (Å²) in [5.41, 5.74) is 1.03. The molecule has 1 aromatic carbocycles. The number of aliphatic hydroxyl groups excluding tert-OH is 1. The molecule has 15 heavy (non-hydrogen) atoms. The molecule has 0 aliphatic heterocycles. The molecule has 1 heterocycles. The summed E-state index contributed by atoms with van der Waals surface area (Å²) in [6.45, 7) is 4.03. The van der Waals surface area contributed by atoms with Crippen LogP contribution in [0.1, 0.15) is 31.2 Å². The largest absolute Gasteiger partial charge is 0.392 e. The number of thiazole rings is 1. The fourth-order valence-corrected chi connectivity index (χ4v) is 2.68. The first-order valence-corrected chi connectivity index (χ1v) is 6.07. The number of fused-ring (bicyclic) bond motifs is 1. The molecule has 0 saturated carbocycles. The van der Waals surface area contributed by atoms with Crippen LogP contribution in [0.4, 0.5) is 0 Å². The summed E-state index contributed by atoms with van der Waals surface area (Å²) in [6, 6.07) is 8.10. The van der Waals surface area contributed by atoms with Gasteiger partial charge in [0.15, 0.2) is 0 Å². The van der Waals surface area contributed by atoms with Crippen molar-refractivity contribution in [2.24, 2.45) is 0 Å². The van der Waals surface area contributed by atoms with Gasteiger partial charge in [-0.15, -0.1) is 11.3 Å². The van der Waals surface area contributed by atoms with Gasteiger partial charge in [-0.25, -0.2) is 4.98 Å². The van der Waals surface area contributed by atoms with E-state index in [-0.39, 0.29) is 12.0 Å². The Morgan fingerprint density at radius 3 is 2.80 bits per heavy atom. The Kier molecular flexibility index (Phi) is 3.03. The van der Waals surface area contributed by atoms with Crippen molar-refractivity contribution < 1.29 is 5.11 Å². The van der Waals surface area contributed by atoms with Crippen LogP contribution >= 0.6 is 11.3 Å². The van der Waals surface area contributed by atoms with E-state index in [0.717, 1.165) is 16.9 Å². The van der Waals surface area contributed by atoms with Crippen LogP contribution < -0.4 is 0 Å². The zero-order chi connectivity index (χ0) is 10.8. The maximum Gasteiger partial charge on any atom is 0.0992 e. The summed E-state index contributed by atoms with van der Waals surface area (Å²) in [7, 11) is 0. The summed E-state index contributed by atoms with van der Waals surface area (Å²) in [6.07, 6.45) is 0.488. The molecule has 0 bridgehead atoms. The van der Waals surface area contributed by atoms with Crippen LogP contribution in [0.25, 0.3) is 10.2 Å². The first kappa shape index (κ1) is 10.6. The molecule has 0 amide bonds. The maximum absolute atomic E-state index is 9.77. The molecular formula is C12H15NOS. The number of rotatable bonds is 3. The minimum absolute atomic E-state index is 0.132. The second-order valence-corrected chi connectivity index (χ2v) is 4.85. The average Bonchev–Trinajstić information content (AvgIpc) is 2.70. The van der Waals surface area contributed by atoms with Gasteiger partial charge in [-0.2, -0.15) is 0 Å². The van der Waals surface area contributed by atoms with Crippen molar-refractivity contribution in [1.82, 2.24) is 4.98 Å². The van der Waals surface area contributed by atoms with E-state index >= 15 is 0 Å². The molecule has 1 N–H and O–H groups in total. The topological polar surface area (TPSA) is 33.1 Å². The van der Waals surface area contributed by atoms with Gasteiger partial charge < -0.3 is 5.11 Å². The van der Waals surface area contributed by atoms with Gasteiger partial charge in [0, 0.05) is 5.92 Å². The minimum Gasteiger partial charge on any atom is -0.392 e. The number of nitrogens with zero attached hydrogens (tertiary/aromatic N) is 1. The third kappa shape index (κ3) is 2.03. The molecule has 2 nitrogen and oxygen atoms in total. The monoisotopic (exact) mass is 221 g/mol. The first-order chi connectivity index (χ1) is 7.22. The van der Waals surface area contributed by atoms with E-state index in [2.05, 4.69) is 11.1 Å². The summed E-state index contributed by atoms with van der Waals surface area (Å²) >= 11 is 1.68. The zero-order valence-electron chi connectivity index (χ0n) is 8.97. The fourth-order valence-electron chi connectivity index (χ4n) is 1.60. The van der Waals surface area contributed by atoms with E-state index in [1.165, 1.54) is 4.70 Å². The minimum atomic E-state index is -0.287. The van der Waals surface area contributed by atoms with Gasteiger partial charge in [0.25, 0.3) is 0 Å². The molecule has 2 atom stereocenters. The molecule has 80 valence electrons. The number of hydrogen-bond acceptors (Lipinski definition) is 3. The summed E-state index contributed by atoms with van der Waals surface area (Å²) in [5.74, 6) is 0.132. The van der Waals surface area contributed by atoms with Crippen molar-refractivity contribution in [3.05, 3.63) is 29.3 Å². The number of aromatic nitrogens is 1. The number of para-hydroxylation sites is 1. The van der Waals surface area contributed by atoms with E-state index < -0.39 is 0 Å². The molecule has 2 unspecified atom stereocenters. The molecule has 0 radical (unpaired) electrons. The average molecular weight is 221 g/mol. The van der Waals surface area contributed by atoms with Gasteiger partial charge in [0.05, 0.1) is 21.3 Å². The predicted molar refractivity (Wildman–Crippen MR) is 64.3 cm³/mol. The first-order valence-electron chi connectivity index (χ1n) is 5.26. The highest BCUT2D eigenvalue weighted by atomic mass is 32.1. The highest BCUT2D eigenvalue weighted by molar-refractivity contribution is 7.18. The van der Waals surface area contributed by atoms with Gasteiger partial charge in [0.2, 0.25) is 0 Å². The molecule has 0 aliphatic rings. The summed E-state index contributed by atoms with van der Waals surface area (Å²) in [4.78, 5) is 4.54. The van der Waals surface area contributed by atoms with Crippen molar-refractivity contribution in [1.29, 1.82) is 0 Å². The van der Waals surface area contributed by atoms with E-state index in [1.54, 1.807) is 11.3 Å². The Labute approximate surface area is 93.6 Å². The van der Waals surface area contributed by atoms with Crippen LogP contribution in [-0.2, 0) is 0 Å². The molecule has 0 saturated heterocycles. The van der Waals surface area contributed by atoms with Crippen LogP contribution in [0.5, 0.6) is 0 Å². The molecule has 2 aromatic rings. The van der Waals surface area contributed by atoms with Crippen molar-refractivity contribution >= 4 is 21.6 Å². The van der Waals surface area contributed by atoms with Gasteiger partial charge in [0.1, 0.15) is 0 Å². The van der Waals surface area contributed by atoms with Crippen molar-refractivity contribution in [3.8, 4) is 0 Å². The Bertz CT molecular complexity index is 419. The van der Waals surface area contributed by atoms with Gasteiger partial charge >= 0.3 is 0 Å². The van der Waals surface area contributed by atoms with Crippen LogP contribution in [-0.4, -0.2) is 16.2 Å². The Hall–Kier alpha value is -0.930. The molecule has 0 fully saturated rings. The van der Waals surface area contributed by atoms with Gasteiger partial charge in [-0.3, -0.25) is 0 Å².